The van der Waals surface area contributed by atoms with Crippen molar-refractivity contribution in [2.24, 2.45) is 0 Å². The Hall–Kier alpha value is -1.28. The van der Waals surface area contributed by atoms with E-state index in [0.29, 0.717) is 18.1 Å². The molecule has 0 bridgehead atoms. The third-order valence-corrected chi connectivity index (χ3v) is 4.20. The van der Waals surface area contributed by atoms with E-state index in [9.17, 15) is 0 Å². The van der Waals surface area contributed by atoms with Crippen LogP contribution in [0.15, 0.2) is 12.1 Å². The summed E-state index contributed by atoms with van der Waals surface area (Å²) in [6, 6.07) is 3.89. The van der Waals surface area contributed by atoms with Crippen molar-refractivity contribution >= 4 is 12.6 Å². The molecule has 1 aromatic rings. The van der Waals surface area contributed by atoms with Gasteiger partial charge in [-0.2, -0.15) is 0 Å². The number of ether oxygens (including phenoxy) is 4. The normalized spacial score (nSPS) is 17.4. The molecule has 152 valence electrons. The lowest BCUT2D eigenvalue weighted by Crippen LogP contribution is -2.42. The Labute approximate surface area is 163 Å². The molecule has 0 amide bonds. The third kappa shape index (κ3) is 6.68. The summed E-state index contributed by atoms with van der Waals surface area (Å²) in [5.74, 6) is 1.31. The first-order valence-electron chi connectivity index (χ1n) is 9.73. The highest BCUT2D eigenvalue weighted by molar-refractivity contribution is 6.63. The summed E-state index contributed by atoms with van der Waals surface area (Å²) in [6.07, 6.45) is 3.01. The van der Waals surface area contributed by atoms with E-state index in [0.717, 1.165) is 36.9 Å². The van der Waals surface area contributed by atoms with Gasteiger partial charge in [0, 0.05) is 18.8 Å². The molecule has 1 unspecified atom stereocenters. The fraction of sp³-hybridized carbons (Fsp3) is 0.700. The van der Waals surface area contributed by atoms with Crippen LogP contribution < -0.4 is 14.9 Å². The predicted octanol–water partition coefficient (Wildman–Crippen LogP) is 3.29. The molecule has 1 atom stereocenters. The number of rotatable bonds is 10. The van der Waals surface area contributed by atoms with Gasteiger partial charge in [-0.15, -0.1) is 0 Å². The molecule has 1 aliphatic rings. The van der Waals surface area contributed by atoms with Crippen molar-refractivity contribution in [2.75, 3.05) is 20.8 Å². The highest BCUT2D eigenvalue weighted by atomic mass is 16.7. The molecule has 0 aliphatic carbocycles. The summed E-state index contributed by atoms with van der Waals surface area (Å²) in [5.41, 5.74) is 1.70. The highest BCUT2D eigenvalue weighted by Gasteiger charge is 2.32. The summed E-state index contributed by atoms with van der Waals surface area (Å²) >= 11 is 0. The van der Waals surface area contributed by atoms with Gasteiger partial charge in [0.05, 0.1) is 26.3 Å². The minimum Gasteiger partial charge on any atom is -0.497 e. The molecular formula is C20H33BO6. The Bertz CT molecular complexity index is 537. The fourth-order valence-electron chi connectivity index (χ4n) is 3.00. The minimum absolute atomic E-state index is 0.00498. The molecule has 0 N–H and O–H groups in total. The Morgan fingerprint density at radius 2 is 1.59 bits per heavy atom. The molecule has 1 heterocycles. The van der Waals surface area contributed by atoms with Crippen LogP contribution in [0.1, 0.15) is 52.5 Å². The molecule has 0 radical (unpaired) electrons. The Morgan fingerprint density at radius 1 is 1.00 bits per heavy atom. The van der Waals surface area contributed by atoms with Crippen molar-refractivity contribution in [3.05, 3.63) is 17.7 Å². The van der Waals surface area contributed by atoms with E-state index in [1.54, 1.807) is 14.2 Å². The van der Waals surface area contributed by atoms with Crippen LogP contribution >= 0.6 is 0 Å². The molecule has 1 aromatic carbocycles. The van der Waals surface area contributed by atoms with Gasteiger partial charge < -0.3 is 28.3 Å². The first kappa shape index (κ1) is 22.0. The lowest BCUT2D eigenvalue weighted by atomic mass is 9.76. The van der Waals surface area contributed by atoms with Gasteiger partial charge in [0.15, 0.2) is 6.29 Å². The lowest BCUT2D eigenvalue weighted by molar-refractivity contribution is -0.168. The second-order valence-corrected chi connectivity index (χ2v) is 7.22. The van der Waals surface area contributed by atoms with E-state index in [1.807, 2.05) is 39.8 Å². The van der Waals surface area contributed by atoms with Crippen LogP contribution in [0.4, 0.5) is 0 Å². The predicted molar refractivity (Wildman–Crippen MR) is 106 cm³/mol. The van der Waals surface area contributed by atoms with E-state index >= 15 is 0 Å². The number of benzene rings is 1. The topological polar surface area (TPSA) is 55.4 Å². The fourth-order valence-corrected chi connectivity index (χ4v) is 3.00. The molecule has 0 aromatic heterocycles. The van der Waals surface area contributed by atoms with E-state index in [4.69, 9.17) is 28.3 Å². The smallest absolute Gasteiger partial charge is 0.497 e. The van der Waals surface area contributed by atoms with Gasteiger partial charge in [0.1, 0.15) is 11.5 Å². The van der Waals surface area contributed by atoms with Crippen molar-refractivity contribution in [3.8, 4) is 11.5 Å². The third-order valence-electron chi connectivity index (χ3n) is 4.20. The molecule has 7 heteroatoms. The summed E-state index contributed by atoms with van der Waals surface area (Å²) in [4.78, 5) is 0. The molecule has 27 heavy (non-hydrogen) atoms. The SMILES string of the molecule is COc1cc(COC2CCCCO2)cc(OC)c1B(OC(C)C)OC(C)C. The van der Waals surface area contributed by atoms with Crippen molar-refractivity contribution in [1.82, 2.24) is 0 Å². The van der Waals surface area contributed by atoms with Crippen molar-refractivity contribution in [2.45, 2.75) is 72.1 Å². The second kappa shape index (κ2) is 10.9. The molecule has 0 spiro atoms. The zero-order valence-corrected chi connectivity index (χ0v) is 17.4. The lowest BCUT2D eigenvalue weighted by Gasteiger charge is -2.25. The van der Waals surface area contributed by atoms with Crippen molar-refractivity contribution in [3.63, 3.8) is 0 Å². The quantitative estimate of drug-likeness (QED) is 0.581. The van der Waals surface area contributed by atoms with E-state index in [2.05, 4.69) is 0 Å². The summed E-state index contributed by atoms with van der Waals surface area (Å²) < 4.78 is 34.8. The van der Waals surface area contributed by atoms with Crippen LogP contribution in [0.25, 0.3) is 0 Å². The van der Waals surface area contributed by atoms with Gasteiger partial charge in [0.2, 0.25) is 0 Å². The largest absolute Gasteiger partial charge is 0.501 e. The monoisotopic (exact) mass is 380 g/mol. The molecule has 2 rings (SSSR count). The zero-order chi connectivity index (χ0) is 19.8. The molecule has 1 saturated heterocycles. The molecule has 1 aliphatic heterocycles. The van der Waals surface area contributed by atoms with Crippen LogP contribution in [-0.2, 0) is 25.4 Å². The molecule has 6 nitrogen and oxygen atoms in total. The molecule has 1 fully saturated rings. The number of hydrogen-bond donors (Lipinski definition) is 0. The first-order chi connectivity index (χ1) is 12.9. The van der Waals surface area contributed by atoms with Gasteiger partial charge in [-0.3, -0.25) is 0 Å². The van der Waals surface area contributed by atoms with E-state index in [1.165, 1.54) is 0 Å². The maximum atomic E-state index is 5.99. The number of hydrogen-bond acceptors (Lipinski definition) is 6. The van der Waals surface area contributed by atoms with Gasteiger partial charge in [0.25, 0.3) is 0 Å². The first-order valence-corrected chi connectivity index (χ1v) is 9.73. The van der Waals surface area contributed by atoms with E-state index < -0.39 is 7.12 Å². The van der Waals surface area contributed by atoms with Crippen LogP contribution in [0.2, 0.25) is 0 Å². The molecule has 0 saturated carbocycles. The van der Waals surface area contributed by atoms with Gasteiger partial charge in [-0.05, 0) is 64.7 Å². The maximum Gasteiger partial charge on any atom is 0.501 e. The Balaban J connectivity index is 2.24. The summed E-state index contributed by atoms with van der Waals surface area (Å²) in [6.45, 7) is 9.09. The van der Waals surface area contributed by atoms with Crippen molar-refractivity contribution in [1.29, 1.82) is 0 Å². The van der Waals surface area contributed by atoms with Crippen molar-refractivity contribution < 1.29 is 28.3 Å². The van der Waals surface area contributed by atoms with Crippen LogP contribution in [0, 0.1) is 0 Å². The van der Waals surface area contributed by atoms with Crippen LogP contribution in [0.5, 0.6) is 11.5 Å². The second-order valence-electron chi connectivity index (χ2n) is 7.22. The van der Waals surface area contributed by atoms with Crippen LogP contribution in [-0.4, -0.2) is 46.4 Å². The van der Waals surface area contributed by atoms with Gasteiger partial charge in [-0.1, -0.05) is 0 Å². The zero-order valence-electron chi connectivity index (χ0n) is 17.4. The maximum absolute atomic E-state index is 5.99. The summed E-state index contributed by atoms with van der Waals surface area (Å²) in [5, 5.41) is 0. The van der Waals surface area contributed by atoms with E-state index in [-0.39, 0.29) is 18.5 Å². The average Bonchev–Trinajstić information content (AvgIpc) is 2.65. The Morgan fingerprint density at radius 3 is 2.04 bits per heavy atom. The van der Waals surface area contributed by atoms with Gasteiger partial charge >= 0.3 is 7.12 Å². The standard InChI is InChI=1S/C20H33BO6/c1-14(2)26-21(27-15(3)4)20-17(22-5)11-16(12-18(20)23-6)13-25-19-9-7-8-10-24-19/h11-12,14-15,19H,7-10,13H2,1-6H3. The average molecular weight is 380 g/mol. The molecular weight excluding hydrogens is 347 g/mol. The summed E-state index contributed by atoms with van der Waals surface area (Å²) in [7, 11) is 2.69. The van der Waals surface area contributed by atoms with Crippen LogP contribution in [0.3, 0.4) is 0 Å². The van der Waals surface area contributed by atoms with Gasteiger partial charge in [-0.25, -0.2) is 0 Å². The highest BCUT2D eigenvalue weighted by Crippen LogP contribution is 2.24. The minimum atomic E-state index is -0.577. The Kier molecular flexibility index (Phi) is 8.89. The number of methoxy groups -OCH3 is 2.